The van der Waals surface area contributed by atoms with Crippen molar-refractivity contribution in [2.45, 2.75) is 53.0 Å². The predicted octanol–water partition coefficient (Wildman–Crippen LogP) is 2.27. The first-order chi connectivity index (χ1) is 6.16. The quantitative estimate of drug-likeness (QED) is 0.618. The van der Waals surface area contributed by atoms with E-state index in [1.807, 2.05) is 0 Å². The maximum absolute atomic E-state index is 11.7. The lowest BCUT2D eigenvalue weighted by Gasteiger charge is -2.27. The molecular weight excluding hydrogens is 180 g/mol. The third-order valence-corrected chi connectivity index (χ3v) is 3.78. The first-order valence-corrected chi connectivity index (χ1v) is 6.91. The lowest BCUT2D eigenvalue weighted by atomic mass is 9.80. The lowest BCUT2D eigenvalue weighted by Crippen LogP contribution is -2.32. The monoisotopic (exact) mass is 202 g/mol. The fourth-order valence-electron chi connectivity index (χ4n) is 1.53. The summed E-state index contributed by atoms with van der Waals surface area (Å²) in [5, 5.41) is 0. The Balaban J connectivity index is 4.26. The van der Waals surface area contributed by atoms with Gasteiger partial charge in [-0.2, -0.15) is 0 Å². The molecule has 13 heavy (non-hydrogen) atoms. The molecule has 0 unspecified atom stereocenters. The van der Waals surface area contributed by atoms with Gasteiger partial charge in [-0.3, -0.25) is 4.79 Å². The highest BCUT2D eigenvalue weighted by Crippen LogP contribution is 2.31. The van der Waals surface area contributed by atoms with Gasteiger partial charge >= 0.3 is 0 Å². The van der Waals surface area contributed by atoms with E-state index in [2.05, 4.69) is 27.7 Å². The summed E-state index contributed by atoms with van der Waals surface area (Å²) in [6.45, 7) is 8.29. The Morgan fingerprint density at radius 3 is 1.92 bits per heavy atom. The largest absolute Gasteiger partial charge is 0.525 e. The van der Waals surface area contributed by atoms with E-state index in [1.165, 1.54) is 0 Å². The lowest BCUT2D eigenvalue weighted by molar-refractivity contribution is -0.146. The van der Waals surface area contributed by atoms with Gasteiger partial charge in [-0.15, -0.1) is 0 Å². The first kappa shape index (κ1) is 12.7. The maximum atomic E-state index is 11.7. The minimum absolute atomic E-state index is 0.0496. The van der Waals surface area contributed by atoms with Gasteiger partial charge in [0.05, 0.1) is 5.41 Å². The van der Waals surface area contributed by atoms with E-state index >= 15 is 0 Å². The van der Waals surface area contributed by atoms with Crippen LogP contribution in [-0.2, 0) is 9.22 Å². The Kier molecular flexibility index (Phi) is 6.04. The SMILES string of the molecule is CC[SiH2]OC(=O)C(CC)(CC)CC. The van der Waals surface area contributed by atoms with Gasteiger partial charge in [0.25, 0.3) is 5.97 Å². The summed E-state index contributed by atoms with van der Waals surface area (Å²) < 4.78 is 5.33. The molecule has 0 N–H and O–H groups in total. The summed E-state index contributed by atoms with van der Waals surface area (Å²) in [5.41, 5.74) is -0.192. The zero-order valence-corrected chi connectivity index (χ0v) is 10.8. The Labute approximate surface area is 84.0 Å². The molecule has 3 heteroatoms. The zero-order valence-electron chi connectivity index (χ0n) is 9.35. The molecular formula is C10H22O2Si. The molecule has 0 saturated carbocycles. The Morgan fingerprint density at radius 2 is 1.62 bits per heavy atom. The van der Waals surface area contributed by atoms with Crippen molar-refractivity contribution < 1.29 is 9.22 Å². The summed E-state index contributed by atoms with van der Waals surface area (Å²) in [6.07, 6.45) is 2.70. The summed E-state index contributed by atoms with van der Waals surface area (Å²) in [6, 6.07) is 1.04. The average molecular weight is 202 g/mol. The molecule has 0 aromatic rings. The van der Waals surface area contributed by atoms with Crippen LogP contribution in [0.4, 0.5) is 0 Å². The van der Waals surface area contributed by atoms with Crippen LogP contribution in [0.2, 0.25) is 6.04 Å². The van der Waals surface area contributed by atoms with Crippen LogP contribution < -0.4 is 0 Å². The predicted molar refractivity (Wildman–Crippen MR) is 58.4 cm³/mol. The molecule has 0 radical (unpaired) electrons. The summed E-state index contributed by atoms with van der Waals surface area (Å²) in [7, 11) is -0.583. The molecule has 0 spiro atoms. The topological polar surface area (TPSA) is 26.3 Å². The molecule has 0 atom stereocenters. The zero-order chi connectivity index (χ0) is 10.3. The molecule has 2 nitrogen and oxygen atoms in total. The molecule has 0 aromatic heterocycles. The van der Waals surface area contributed by atoms with Gasteiger partial charge in [0, 0.05) is 0 Å². The molecule has 0 bridgehead atoms. The van der Waals surface area contributed by atoms with Gasteiger partial charge in [0.2, 0.25) is 9.76 Å². The molecule has 0 heterocycles. The van der Waals surface area contributed by atoms with E-state index in [-0.39, 0.29) is 11.4 Å². The molecule has 0 amide bonds. The average Bonchev–Trinajstić information content (AvgIpc) is 2.18. The highest BCUT2D eigenvalue weighted by atomic mass is 28.2. The second kappa shape index (κ2) is 6.19. The third kappa shape index (κ3) is 3.14. The second-order valence-corrected chi connectivity index (χ2v) is 5.17. The van der Waals surface area contributed by atoms with Gasteiger partial charge in [-0.25, -0.2) is 0 Å². The number of carbonyl (C=O) groups excluding carboxylic acids is 1. The summed E-state index contributed by atoms with van der Waals surface area (Å²) in [4.78, 5) is 11.7. The van der Waals surface area contributed by atoms with Crippen molar-refractivity contribution >= 4 is 15.7 Å². The minimum Gasteiger partial charge on any atom is -0.525 e. The second-order valence-electron chi connectivity index (χ2n) is 3.48. The highest BCUT2D eigenvalue weighted by Gasteiger charge is 2.33. The van der Waals surface area contributed by atoms with E-state index < -0.39 is 9.76 Å². The van der Waals surface area contributed by atoms with Crippen LogP contribution in [-0.4, -0.2) is 15.7 Å². The normalized spacial score (nSPS) is 12.3. The Bertz CT molecular complexity index is 145. The van der Waals surface area contributed by atoms with Crippen molar-refractivity contribution in [1.82, 2.24) is 0 Å². The van der Waals surface area contributed by atoms with Gasteiger partial charge in [-0.05, 0) is 25.3 Å². The third-order valence-electron chi connectivity index (χ3n) is 2.90. The first-order valence-electron chi connectivity index (χ1n) is 5.34. The van der Waals surface area contributed by atoms with Crippen molar-refractivity contribution in [2.75, 3.05) is 0 Å². The standard InChI is InChI=1S/C10H22O2Si/c1-5-10(6-2,7-3)9(11)12-13-8-4/h5-8,13H2,1-4H3. The molecule has 0 aliphatic heterocycles. The van der Waals surface area contributed by atoms with Crippen LogP contribution in [0.5, 0.6) is 0 Å². The van der Waals surface area contributed by atoms with Crippen LogP contribution in [0.15, 0.2) is 0 Å². The molecule has 0 aliphatic carbocycles. The van der Waals surface area contributed by atoms with E-state index in [0.717, 1.165) is 25.3 Å². The summed E-state index contributed by atoms with van der Waals surface area (Å²) >= 11 is 0. The molecule has 0 rings (SSSR count). The van der Waals surface area contributed by atoms with Gasteiger partial charge < -0.3 is 4.43 Å². The fraction of sp³-hybridized carbons (Fsp3) is 0.900. The molecule has 78 valence electrons. The molecule has 0 aliphatic rings. The minimum atomic E-state index is -0.583. The van der Waals surface area contributed by atoms with Crippen LogP contribution in [0, 0.1) is 5.41 Å². The maximum Gasteiger partial charge on any atom is 0.298 e. The van der Waals surface area contributed by atoms with Gasteiger partial charge in [-0.1, -0.05) is 27.7 Å². The van der Waals surface area contributed by atoms with E-state index in [9.17, 15) is 4.79 Å². The van der Waals surface area contributed by atoms with Crippen LogP contribution >= 0.6 is 0 Å². The number of rotatable bonds is 6. The number of hydrogen-bond acceptors (Lipinski definition) is 2. The molecule has 0 saturated heterocycles. The van der Waals surface area contributed by atoms with E-state index in [0.29, 0.717) is 0 Å². The van der Waals surface area contributed by atoms with Crippen molar-refractivity contribution in [3.05, 3.63) is 0 Å². The van der Waals surface area contributed by atoms with Crippen molar-refractivity contribution in [2.24, 2.45) is 5.41 Å². The van der Waals surface area contributed by atoms with Crippen molar-refractivity contribution in [3.63, 3.8) is 0 Å². The van der Waals surface area contributed by atoms with Crippen LogP contribution in [0.3, 0.4) is 0 Å². The molecule has 0 aromatic carbocycles. The number of hydrogen-bond donors (Lipinski definition) is 0. The fourth-order valence-corrected chi connectivity index (χ4v) is 2.23. The molecule has 0 fully saturated rings. The van der Waals surface area contributed by atoms with E-state index in [1.54, 1.807) is 0 Å². The van der Waals surface area contributed by atoms with Gasteiger partial charge in [0.1, 0.15) is 0 Å². The van der Waals surface area contributed by atoms with Crippen LogP contribution in [0.1, 0.15) is 47.0 Å². The Hall–Kier alpha value is -0.313. The number of carbonyl (C=O) groups is 1. The highest BCUT2D eigenvalue weighted by molar-refractivity contribution is 6.30. The van der Waals surface area contributed by atoms with E-state index in [4.69, 9.17) is 4.43 Å². The summed E-state index contributed by atoms with van der Waals surface area (Å²) in [5.74, 6) is 0.0496. The van der Waals surface area contributed by atoms with Gasteiger partial charge in [0.15, 0.2) is 0 Å². The smallest absolute Gasteiger partial charge is 0.298 e. The van der Waals surface area contributed by atoms with Crippen LogP contribution in [0.25, 0.3) is 0 Å². The Morgan fingerprint density at radius 1 is 1.15 bits per heavy atom. The van der Waals surface area contributed by atoms with Crippen molar-refractivity contribution in [1.29, 1.82) is 0 Å². The van der Waals surface area contributed by atoms with Crippen molar-refractivity contribution in [3.8, 4) is 0 Å².